The average molecular weight is 445 g/mol. The first-order valence-electron chi connectivity index (χ1n) is 10.1. The van der Waals surface area contributed by atoms with Crippen LogP contribution in [-0.4, -0.2) is 39.6 Å². The predicted molar refractivity (Wildman–Crippen MR) is 122 cm³/mol. The smallest absolute Gasteiger partial charge is 0.349 e. The summed E-state index contributed by atoms with van der Waals surface area (Å²) in [6.07, 6.45) is 3.25. The molecule has 1 atom stereocenters. The van der Waals surface area contributed by atoms with Gasteiger partial charge >= 0.3 is 5.97 Å². The highest BCUT2D eigenvalue weighted by Crippen LogP contribution is 2.24. The number of hydrogen-bond acceptors (Lipinski definition) is 7. The second kappa shape index (κ2) is 10.2. The van der Waals surface area contributed by atoms with Gasteiger partial charge in [0.15, 0.2) is 6.10 Å². The molecule has 9 heteroatoms. The molecule has 33 heavy (non-hydrogen) atoms. The molecule has 168 valence electrons. The van der Waals surface area contributed by atoms with E-state index in [2.05, 4.69) is 15.3 Å². The monoisotopic (exact) mass is 445 g/mol. The molecule has 0 fully saturated rings. The van der Waals surface area contributed by atoms with Gasteiger partial charge in [0.2, 0.25) is 5.95 Å². The van der Waals surface area contributed by atoms with Crippen LogP contribution in [-0.2, 0) is 14.3 Å². The van der Waals surface area contributed by atoms with Crippen LogP contribution in [0.15, 0.2) is 54.4 Å². The van der Waals surface area contributed by atoms with Crippen molar-refractivity contribution in [1.29, 1.82) is 5.26 Å². The zero-order chi connectivity index (χ0) is 24.0. The van der Waals surface area contributed by atoms with Crippen LogP contribution in [0, 0.1) is 25.2 Å². The van der Waals surface area contributed by atoms with Crippen LogP contribution in [0.2, 0.25) is 0 Å². The van der Waals surface area contributed by atoms with Gasteiger partial charge in [-0.2, -0.15) is 5.26 Å². The Labute approximate surface area is 191 Å². The highest BCUT2D eigenvalue weighted by Gasteiger charge is 2.22. The SMILES string of the molecule is COc1ccc(-n2c(C)cc(/C=C(/C#N)C(=O)OC(C)C(=O)Nc3ncccn3)c2C)cc1. The topological polar surface area (TPSA) is 119 Å². The van der Waals surface area contributed by atoms with Gasteiger partial charge in [0.05, 0.1) is 7.11 Å². The van der Waals surface area contributed by atoms with Gasteiger partial charge in [0.25, 0.3) is 5.91 Å². The molecule has 1 amide bonds. The number of aryl methyl sites for hydroxylation is 1. The number of carbonyl (C=O) groups excluding carboxylic acids is 2. The van der Waals surface area contributed by atoms with Crippen molar-refractivity contribution in [2.75, 3.05) is 12.4 Å². The summed E-state index contributed by atoms with van der Waals surface area (Å²) in [4.78, 5) is 32.6. The number of nitrogens with zero attached hydrogens (tertiary/aromatic N) is 4. The Kier molecular flexibility index (Phi) is 7.20. The molecule has 3 rings (SSSR count). The summed E-state index contributed by atoms with van der Waals surface area (Å²) < 4.78 is 12.4. The standard InChI is InChI=1S/C24H23N5O4/c1-15-12-18(16(2)29(15)20-6-8-21(32-4)9-7-20)13-19(14-25)23(31)33-17(3)22(30)28-24-26-10-5-11-27-24/h5-13,17H,1-4H3,(H,26,27,28,30)/b19-13-. The Morgan fingerprint density at radius 2 is 1.85 bits per heavy atom. The molecule has 0 saturated heterocycles. The van der Waals surface area contributed by atoms with E-state index in [9.17, 15) is 14.9 Å². The molecular weight excluding hydrogens is 422 g/mol. The molecule has 2 aromatic heterocycles. The first kappa shape index (κ1) is 23.2. The normalized spacial score (nSPS) is 11.9. The van der Waals surface area contributed by atoms with Crippen molar-refractivity contribution < 1.29 is 19.1 Å². The third kappa shape index (κ3) is 5.43. The summed E-state index contributed by atoms with van der Waals surface area (Å²) in [5.41, 5.74) is 3.14. The maximum Gasteiger partial charge on any atom is 0.349 e. The van der Waals surface area contributed by atoms with Gasteiger partial charge in [-0.1, -0.05) is 0 Å². The summed E-state index contributed by atoms with van der Waals surface area (Å²) in [5, 5.41) is 12.0. The van der Waals surface area contributed by atoms with Gasteiger partial charge in [0.1, 0.15) is 17.4 Å². The molecule has 0 bridgehead atoms. The quantitative estimate of drug-likeness (QED) is 0.336. The van der Waals surface area contributed by atoms with Crippen molar-refractivity contribution in [3.63, 3.8) is 0 Å². The second-order valence-corrected chi connectivity index (χ2v) is 7.14. The van der Waals surface area contributed by atoms with Gasteiger partial charge in [-0.15, -0.1) is 0 Å². The number of ether oxygens (including phenoxy) is 2. The molecule has 3 aromatic rings. The number of nitrogens with one attached hydrogen (secondary N) is 1. The maximum absolute atomic E-state index is 12.5. The van der Waals surface area contributed by atoms with E-state index in [4.69, 9.17) is 9.47 Å². The van der Waals surface area contributed by atoms with Crippen LogP contribution >= 0.6 is 0 Å². The molecule has 0 aliphatic carbocycles. The van der Waals surface area contributed by atoms with Crippen LogP contribution < -0.4 is 10.1 Å². The van der Waals surface area contributed by atoms with Crippen molar-refractivity contribution in [2.24, 2.45) is 0 Å². The van der Waals surface area contributed by atoms with E-state index in [1.807, 2.05) is 54.8 Å². The van der Waals surface area contributed by atoms with Crippen LogP contribution in [0.4, 0.5) is 5.95 Å². The van der Waals surface area contributed by atoms with Crippen molar-refractivity contribution in [3.05, 3.63) is 71.3 Å². The lowest BCUT2D eigenvalue weighted by atomic mass is 10.1. The average Bonchev–Trinajstić information content (AvgIpc) is 3.10. The highest BCUT2D eigenvalue weighted by atomic mass is 16.5. The first-order chi connectivity index (χ1) is 15.8. The molecule has 0 radical (unpaired) electrons. The third-order valence-electron chi connectivity index (χ3n) is 4.89. The molecule has 0 aliphatic heterocycles. The molecule has 2 heterocycles. The second-order valence-electron chi connectivity index (χ2n) is 7.14. The molecule has 1 N–H and O–H groups in total. The van der Waals surface area contributed by atoms with Gasteiger partial charge in [-0.3, -0.25) is 10.1 Å². The van der Waals surface area contributed by atoms with E-state index in [0.717, 1.165) is 22.8 Å². The Balaban J connectivity index is 1.77. The number of rotatable bonds is 7. The fourth-order valence-corrected chi connectivity index (χ4v) is 3.21. The lowest BCUT2D eigenvalue weighted by Gasteiger charge is -2.12. The summed E-state index contributed by atoms with van der Waals surface area (Å²) in [6, 6.07) is 12.9. The lowest BCUT2D eigenvalue weighted by Crippen LogP contribution is -2.30. The van der Waals surface area contributed by atoms with Crippen molar-refractivity contribution in [2.45, 2.75) is 26.9 Å². The van der Waals surface area contributed by atoms with E-state index >= 15 is 0 Å². The minimum absolute atomic E-state index is 0.0902. The lowest BCUT2D eigenvalue weighted by molar-refractivity contribution is -0.148. The van der Waals surface area contributed by atoms with E-state index in [1.165, 1.54) is 25.4 Å². The fourth-order valence-electron chi connectivity index (χ4n) is 3.21. The van der Waals surface area contributed by atoms with E-state index in [1.54, 1.807) is 13.2 Å². The van der Waals surface area contributed by atoms with Crippen LogP contribution in [0.25, 0.3) is 11.8 Å². The first-order valence-corrected chi connectivity index (χ1v) is 10.1. The fraction of sp³-hybridized carbons (Fsp3) is 0.208. The Morgan fingerprint density at radius 1 is 1.18 bits per heavy atom. The number of benzene rings is 1. The van der Waals surface area contributed by atoms with E-state index in [-0.39, 0.29) is 11.5 Å². The number of anilines is 1. The summed E-state index contributed by atoms with van der Waals surface area (Å²) in [5.74, 6) is -0.673. The molecular formula is C24H23N5O4. The number of esters is 1. The van der Waals surface area contributed by atoms with Gasteiger partial charge in [0, 0.05) is 29.5 Å². The van der Waals surface area contributed by atoms with Gasteiger partial charge < -0.3 is 14.0 Å². The number of hydrogen-bond donors (Lipinski definition) is 1. The zero-order valence-corrected chi connectivity index (χ0v) is 18.7. The zero-order valence-electron chi connectivity index (χ0n) is 18.7. The molecule has 9 nitrogen and oxygen atoms in total. The predicted octanol–water partition coefficient (Wildman–Crippen LogP) is 3.37. The van der Waals surface area contributed by atoms with Gasteiger partial charge in [-0.25, -0.2) is 14.8 Å². The number of aromatic nitrogens is 3. The highest BCUT2D eigenvalue weighted by molar-refractivity contribution is 6.00. The van der Waals surface area contributed by atoms with Crippen LogP contribution in [0.1, 0.15) is 23.9 Å². The summed E-state index contributed by atoms with van der Waals surface area (Å²) in [7, 11) is 1.60. The number of methoxy groups -OCH3 is 1. The number of nitriles is 1. The number of carbonyl (C=O) groups is 2. The van der Waals surface area contributed by atoms with E-state index < -0.39 is 18.0 Å². The Hall–Kier alpha value is -4.45. The van der Waals surface area contributed by atoms with Crippen LogP contribution in [0.5, 0.6) is 5.75 Å². The summed E-state index contributed by atoms with van der Waals surface area (Å²) in [6.45, 7) is 5.22. The molecule has 0 spiro atoms. The van der Waals surface area contributed by atoms with Crippen molar-refractivity contribution in [1.82, 2.24) is 14.5 Å². The molecule has 1 aromatic carbocycles. The summed E-state index contributed by atoms with van der Waals surface area (Å²) >= 11 is 0. The van der Waals surface area contributed by atoms with Crippen molar-refractivity contribution >= 4 is 23.9 Å². The molecule has 1 unspecified atom stereocenters. The largest absolute Gasteiger partial charge is 0.497 e. The minimum atomic E-state index is -1.15. The van der Waals surface area contributed by atoms with Crippen LogP contribution in [0.3, 0.4) is 0 Å². The Morgan fingerprint density at radius 3 is 2.45 bits per heavy atom. The number of amides is 1. The van der Waals surface area contributed by atoms with E-state index in [0.29, 0.717) is 5.56 Å². The molecule has 0 aliphatic rings. The molecule has 0 saturated carbocycles. The minimum Gasteiger partial charge on any atom is -0.497 e. The van der Waals surface area contributed by atoms with Crippen molar-refractivity contribution in [3.8, 4) is 17.5 Å². The van der Waals surface area contributed by atoms with Gasteiger partial charge in [-0.05, 0) is 68.8 Å². The third-order valence-corrected chi connectivity index (χ3v) is 4.89. The maximum atomic E-state index is 12.5. The Bertz CT molecular complexity index is 1220.